The van der Waals surface area contributed by atoms with Gasteiger partial charge in [-0.15, -0.1) is 0 Å². The van der Waals surface area contributed by atoms with Crippen molar-refractivity contribution in [2.75, 3.05) is 0 Å². The van der Waals surface area contributed by atoms with Crippen molar-refractivity contribution in [3.05, 3.63) is 12.2 Å². The SMILES string of the molecule is CCCCCCCC/C=C\CCCCCCCCCCCCC(CCCCCCCCCCCCCCCC)C(=O)O. The molecule has 0 radical (unpaired) electrons. The summed E-state index contributed by atoms with van der Waals surface area (Å²) in [5, 5.41) is 9.63. The molecule has 0 fully saturated rings. The van der Waals surface area contributed by atoms with Crippen LogP contribution in [0.5, 0.6) is 0 Å². The largest absolute Gasteiger partial charge is 0.481 e. The zero-order valence-corrected chi connectivity index (χ0v) is 29.1. The first-order valence-corrected chi connectivity index (χ1v) is 19.6. The van der Waals surface area contributed by atoms with Crippen molar-refractivity contribution in [1.29, 1.82) is 0 Å². The lowest BCUT2D eigenvalue weighted by Gasteiger charge is -2.12. The number of carboxylic acid groups (broad SMARTS) is 1. The Bertz CT molecular complexity index is 540. The first-order chi connectivity index (χ1) is 20.7. The number of unbranched alkanes of at least 4 members (excludes halogenated alkanes) is 29. The fourth-order valence-corrected chi connectivity index (χ4v) is 6.32. The number of rotatable bonds is 36. The predicted octanol–water partition coefficient (Wildman–Crippen LogP) is 14.5. The van der Waals surface area contributed by atoms with Crippen LogP contribution in [0.25, 0.3) is 0 Å². The monoisotopic (exact) mass is 591 g/mol. The molecule has 0 amide bonds. The fourth-order valence-electron chi connectivity index (χ4n) is 6.32. The van der Waals surface area contributed by atoms with Gasteiger partial charge in [-0.05, 0) is 38.5 Å². The summed E-state index contributed by atoms with van der Waals surface area (Å²) in [6, 6.07) is 0. The third-order valence-electron chi connectivity index (χ3n) is 9.32. The maximum absolute atomic E-state index is 11.7. The average molecular weight is 591 g/mol. The van der Waals surface area contributed by atoms with Gasteiger partial charge in [0, 0.05) is 0 Å². The topological polar surface area (TPSA) is 37.3 Å². The molecule has 1 N–H and O–H groups in total. The maximum atomic E-state index is 11.7. The van der Waals surface area contributed by atoms with Gasteiger partial charge in [0.1, 0.15) is 0 Å². The molecular weight excluding hydrogens is 512 g/mol. The van der Waals surface area contributed by atoms with Gasteiger partial charge in [0.25, 0.3) is 0 Å². The van der Waals surface area contributed by atoms with E-state index in [0.717, 1.165) is 25.7 Å². The maximum Gasteiger partial charge on any atom is 0.306 e. The van der Waals surface area contributed by atoms with Gasteiger partial charge in [-0.2, -0.15) is 0 Å². The molecule has 0 saturated heterocycles. The van der Waals surface area contributed by atoms with E-state index < -0.39 is 5.97 Å². The minimum absolute atomic E-state index is 0.104. The molecule has 0 aromatic heterocycles. The summed E-state index contributed by atoms with van der Waals surface area (Å²) >= 11 is 0. The second-order valence-corrected chi connectivity index (χ2v) is 13.6. The highest BCUT2D eigenvalue weighted by atomic mass is 16.4. The third-order valence-corrected chi connectivity index (χ3v) is 9.32. The minimum atomic E-state index is -0.557. The summed E-state index contributed by atoms with van der Waals surface area (Å²) in [7, 11) is 0. The average Bonchev–Trinajstić information content (AvgIpc) is 2.99. The van der Waals surface area contributed by atoms with Crippen molar-refractivity contribution >= 4 is 5.97 Å². The molecule has 2 nitrogen and oxygen atoms in total. The summed E-state index contributed by atoms with van der Waals surface area (Å²) in [5.74, 6) is -0.661. The standard InChI is InChI=1S/C40H78O2/c1-3-5-7-9-11-13-15-17-19-20-21-22-23-24-26-28-30-32-34-36-38-39(40(41)42)37-35-33-31-29-27-25-18-16-14-12-10-8-6-4-2/h17,19,39H,3-16,18,20-38H2,1-2H3,(H,41,42)/b19-17-. The van der Waals surface area contributed by atoms with Gasteiger partial charge in [0.15, 0.2) is 0 Å². The summed E-state index contributed by atoms with van der Waals surface area (Å²) < 4.78 is 0. The van der Waals surface area contributed by atoms with Gasteiger partial charge < -0.3 is 5.11 Å². The van der Waals surface area contributed by atoms with Crippen molar-refractivity contribution < 1.29 is 9.90 Å². The van der Waals surface area contributed by atoms with E-state index in [1.54, 1.807) is 0 Å². The van der Waals surface area contributed by atoms with Crippen LogP contribution in [0.1, 0.15) is 232 Å². The molecule has 0 bridgehead atoms. The smallest absolute Gasteiger partial charge is 0.306 e. The molecule has 0 aliphatic heterocycles. The van der Waals surface area contributed by atoms with E-state index in [1.165, 1.54) is 193 Å². The number of aliphatic carboxylic acids is 1. The molecule has 0 aromatic rings. The molecule has 0 saturated carbocycles. The molecule has 0 rings (SSSR count). The lowest BCUT2D eigenvalue weighted by atomic mass is 9.94. The zero-order valence-electron chi connectivity index (χ0n) is 29.1. The zero-order chi connectivity index (χ0) is 30.6. The van der Waals surface area contributed by atoms with Crippen LogP contribution < -0.4 is 0 Å². The van der Waals surface area contributed by atoms with Crippen LogP contribution >= 0.6 is 0 Å². The molecule has 1 atom stereocenters. The van der Waals surface area contributed by atoms with Crippen LogP contribution in [0.2, 0.25) is 0 Å². The number of carbonyl (C=O) groups is 1. The second-order valence-electron chi connectivity index (χ2n) is 13.6. The molecule has 0 aliphatic rings. The third kappa shape index (κ3) is 33.7. The highest BCUT2D eigenvalue weighted by Crippen LogP contribution is 2.20. The van der Waals surface area contributed by atoms with Crippen molar-refractivity contribution in [2.24, 2.45) is 5.92 Å². The van der Waals surface area contributed by atoms with E-state index in [0.29, 0.717) is 0 Å². The van der Waals surface area contributed by atoms with Crippen molar-refractivity contribution in [1.82, 2.24) is 0 Å². The molecular formula is C40H78O2. The normalized spacial score (nSPS) is 12.4. The van der Waals surface area contributed by atoms with Gasteiger partial charge in [0.2, 0.25) is 0 Å². The van der Waals surface area contributed by atoms with Crippen LogP contribution in [0.3, 0.4) is 0 Å². The second kappa shape index (κ2) is 36.4. The summed E-state index contributed by atoms with van der Waals surface area (Å²) in [5.41, 5.74) is 0. The summed E-state index contributed by atoms with van der Waals surface area (Å²) in [4.78, 5) is 11.7. The molecule has 0 heterocycles. The lowest BCUT2D eigenvalue weighted by Crippen LogP contribution is -2.13. The van der Waals surface area contributed by atoms with Gasteiger partial charge in [-0.25, -0.2) is 0 Å². The number of carboxylic acids is 1. The Morgan fingerprint density at radius 1 is 0.405 bits per heavy atom. The molecule has 42 heavy (non-hydrogen) atoms. The summed E-state index contributed by atoms with van der Waals surface area (Å²) in [6.45, 7) is 4.57. The van der Waals surface area contributed by atoms with Gasteiger partial charge in [-0.3, -0.25) is 4.79 Å². The Labute approximate surface area is 265 Å². The first kappa shape index (κ1) is 41.2. The highest BCUT2D eigenvalue weighted by Gasteiger charge is 2.16. The Hall–Kier alpha value is -0.790. The molecule has 0 spiro atoms. The molecule has 2 heteroatoms. The van der Waals surface area contributed by atoms with Gasteiger partial charge in [0.05, 0.1) is 5.92 Å². The summed E-state index contributed by atoms with van der Waals surface area (Å²) in [6.07, 6.45) is 49.8. The van der Waals surface area contributed by atoms with Crippen molar-refractivity contribution in [3.8, 4) is 0 Å². The van der Waals surface area contributed by atoms with E-state index in [9.17, 15) is 9.90 Å². The minimum Gasteiger partial charge on any atom is -0.481 e. The Morgan fingerprint density at radius 2 is 0.643 bits per heavy atom. The van der Waals surface area contributed by atoms with Crippen LogP contribution in [0, 0.1) is 5.92 Å². The van der Waals surface area contributed by atoms with Gasteiger partial charge >= 0.3 is 5.97 Å². The van der Waals surface area contributed by atoms with Crippen LogP contribution in [0.15, 0.2) is 12.2 Å². The fraction of sp³-hybridized carbons (Fsp3) is 0.925. The van der Waals surface area contributed by atoms with E-state index >= 15 is 0 Å². The number of hydrogen-bond donors (Lipinski definition) is 1. The molecule has 0 aliphatic carbocycles. The molecule has 250 valence electrons. The first-order valence-electron chi connectivity index (χ1n) is 19.6. The van der Waals surface area contributed by atoms with Crippen molar-refractivity contribution in [3.63, 3.8) is 0 Å². The quantitative estimate of drug-likeness (QED) is 0.0582. The van der Waals surface area contributed by atoms with E-state index in [1.807, 2.05) is 0 Å². The Kier molecular flexibility index (Phi) is 35.7. The van der Waals surface area contributed by atoms with Crippen LogP contribution in [-0.2, 0) is 4.79 Å². The van der Waals surface area contributed by atoms with Crippen LogP contribution in [0.4, 0.5) is 0 Å². The van der Waals surface area contributed by atoms with Crippen LogP contribution in [-0.4, -0.2) is 11.1 Å². The lowest BCUT2D eigenvalue weighted by molar-refractivity contribution is -0.142. The Balaban J connectivity index is 3.39. The van der Waals surface area contributed by atoms with E-state index in [2.05, 4.69) is 26.0 Å². The molecule has 0 aromatic carbocycles. The van der Waals surface area contributed by atoms with E-state index in [4.69, 9.17) is 0 Å². The number of allylic oxidation sites excluding steroid dienone is 2. The predicted molar refractivity (Wildman–Crippen MR) is 189 cm³/mol. The number of hydrogen-bond acceptors (Lipinski definition) is 1. The molecule has 1 unspecified atom stereocenters. The van der Waals surface area contributed by atoms with E-state index in [-0.39, 0.29) is 5.92 Å². The highest BCUT2D eigenvalue weighted by molar-refractivity contribution is 5.69. The van der Waals surface area contributed by atoms with Gasteiger partial charge in [-0.1, -0.05) is 206 Å². The van der Waals surface area contributed by atoms with Crippen molar-refractivity contribution in [2.45, 2.75) is 232 Å². The Morgan fingerprint density at radius 3 is 0.905 bits per heavy atom.